The molecule has 138 valence electrons. The van der Waals surface area contributed by atoms with Gasteiger partial charge in [-0.3, -0.25) is 0 Å². The second kappa shape index (κ2) is 7.32. The van der Waals surface area contributed by atoms with Gasteiger partial charge < -0.3 is 18.1 Å². The van der Waals surface area contributed by atoms with Crippen LogP contribution in [0.3, 0.4) is 0 Å². The van der Waals surface area contributed by atoms with Crippen molar-refractivity contribution >= 4 is 28.7 Å². The maximum Gasteiger partial charge on any atom is 0.374 e. The van der Waals surface area contributed by atoms with Gasteiger partial charge in [-0.05, 0) is 25.1 Å². The van der Waals surface area contributed by atoms with E-state index in [1.807, 2.05) is 41.9 Å². The molecule has 3 aromatic heterocycles. The number of thioether (sulfide) groups is 1. The van der Waals surface area contributed by atoms with Crippen molar-refractivity contribution in [2.24, 2.45) is 7.05 Å². The second-order valence-electron chi connectivity index (χ2n) is 5.76. The molecule has 7 nitrogen and oxygen atoms in total. The van der Waals surface area contributed by atoms with E-state index >= 15 is 0 Å². The van der Waals surface area contributed by atoms with Crippen LogP contribution in [0.15, 0.2) is 56.7 Å². The van der Waals surface area contributed by atoms with Crippen LogP contribution in [-0.4, -0.2) is 27.3 Å². The van der Waals surface area contributed by atoms with Crippen LogP contribution in [0.2, 0.25) is 0 Å². The zero-order valence-corrected chi connectivity index (χ0v) is 15.7. The van der Waals surface area contributed by atoms with E-state index in [9.17, 15) is 4.79 Å². The van der Waals surface area contributed by atoms with E-state index in [2.05, 4.69) is 10.2 Å². The molecule has 0 amide bonds. The van der Waals surface area contributed by atoms with Crippen LogP contribution >= 0.6 is 11.8 Å². The van der Waals surface area contributed by atoms with E-state index in [1.54, 1.807) is 19.3 Å². The monoisotopic (exact) mass is 383 g/mol. The summed E-state index contributed by atoms with van der Waals surface area (Å²) in [6, 6.07) is 11.2. The summed E-state index contributed by atoms with van der Waals surface area (Å²) in [7, 11) is 1.87. The summed E-state index contributed by atoms with van der Waals surface area (Å²) in [6.45, 7) is 2.06. The maximum atomic E-state index is 12.3. The van der Waals surface area contributed by atoms with Gasteiger partial charge in [-0.1, -0.05) is 30.0 Å². The lowest BCUT2D eigenvalue weighted by atomic mass is 10.1. The van der Waals surface area contributed by atoms with Crippen molar-refractivity contribution < 1.29 is 18.4 Å². The fourth-order valence-corrected chi connectivity index (χ4v) is 3.74. The largest absolute Gasteiger partial charge is 0.461 e. The van der Waals surface area contributed by atoms with Gasteiger partial charge in [0.25, 0.3) is 0 Å². The smallest absolute Gasteiger partial charge is 0.374 e. The first-order chi connectivity index (χ1) is 13.2. The third kappa shape index (κ3) is 3.23. The fourth-order valence-electron chi connectivity index (χ4n) is 2.80. The van der Waals surface area contributed by atoms with E-state index in [1.165, 1.54) is 11.8 Å². The number of carbonyl (C=O) groups excluding carboxylic acids is 1. The number of aromatic nitrogens is 3. The Morgan fingerprint density at radius 3 is 2.85 bits per heavy atom. The summed E-state index contributed by atoms with van der Waals surface area (Å²) >= 11 is 1.47. The first kappa shape index (κ1) is 17.4. The quantitative estimate of drug-likeness (QED) is 0.363. The minimum atomic E-state index is -0.460. The molecule has 0 fully saturated rings. The molecule has 0 saturated carbocycles. The lowest BCUT2D eigenvalue weighted by molar-refractivity contribution is 0.0491. The molecule has 3 heterocycles. The van der Waals surface area contributed by atoms with Crippen molar-refractivity contribution in [3.8, 4) is 11.6 Å². The van der Waals surface area contributed by atoms with Crippen LogP contribution in [0.1, 0.15) is 23.0 Å². The highest BCUT2D eigenvalue weighted by atomic mass is 32.2. The molecule has 0 spiro atoms. The molecule has 8 heteroatoms. The number of rotatable bonds is 6. The summed E-state index contributed by atoms with van der Waals surface area (Å²) in [6.07, 6.45) is 1.60. The highest BCUT2D eigenvalue weighted by Gasteiger charge is 2.22. The molecule has 4 rings (SSSR count). The summed E-state index contributed by atoms with van der Waals surface area (Å²) in [5.74, 6) is 1.57. The number of ether oxygens (including phenoxy) is 1. The number of esters is 1. The van der Waals surface area contributed by atoms with Crippen molar-refractivity contribution in [1.82, 2.24) is 14.8 Å². The fraction of sp³-hybridized carbons (Fsp3) is 0.211. The minimum Gasteiger partial charge on any atom is -0.461 e. The van der Waals surface area contributed by atoms with Gasteiger partial charge in [-0.25, -0.2) is 4.79 Å². The number of fused-ring (bicyclic) bond motifs is 1. The molecular weight excluding hydrogens is 366 g/mol. The number of benzene rings is 1. The predicted molar refractivity (Wildman–Crippen MR) is 100 cm³/mol. The van der Waals surface area contributed by atoms with Gasteiger partial charge in [0.05, 0.1) is 12.9 Å². The van der Waals surface area contributed by atoms with Crippen molar-refractivity contribution in [2.75, 3.05) is 6.61 Å². The summed E-state index contributed by atoms with van der Waals surface area (Å²) < 4.78 is 18.1. The Hall–Kier alpha value is -3.00. The van der Waals surface area contributed by atoms with E-state index in [0.717, 1.165) is 10.9 Å². The Kier molecular flexibility index (Phi) is 4.72. The zero-order chi connectivity index (χ0) is 18.8. The van der Waals surface area contributed by atoms with Gasteiger partial charge in [0, 0.05) is 23.8 Å². The van der Waals surface area contributed by atoms with Crippen molar-refractivity contribution in [1.29, 1.82) is 0 Å². The Morgan fingerprint density at radius 2 is 2.07 bits per heavy atom. The average molecular weight is 383 g/mol. The van der Waals surface area contributed by atoms with E-state index in [0.29, 0.717) is 28.1 Å². The second-order valence-corrected chi connectivity index (χ2v) is 6.70. The van der Waals surface area contributed by atoms with Gasteiger partial charge in [-0.15, -0.1) is 10.2 Å². The number of nitrogens with zero attached hydrogens (tertiary/aromatic N) is 3. The van der Waals surface area contributed by atoms with Crippen molar-refractivity contribution in [3.63, 3.8) is 0 Å². The molecule has 27 heavy (non-hydrogen) atoms. The van der Waals surface area contributed by atoms with E-state index in [4.69, 9.17) is 13.6 Å². The molecule has 0 aliphatic heterocycles. The normalized spacial score (nSPS) is 11.2. The summed E-state index contributed by atoms with van der Waals surface area (Å²) in [5.41, 5.74) is 1.45. The SMILES string of the molecule is CCOC(=O)c1oc2ccccc2c1CSc1nnc(-c2ccco2)n1C. The van der Waals surface area contributed by atoms with Crippen LogP contribution in [0.4, 0.5) is 0 Å². The molecular formula is C19H17N3O4S. The highest BCUT2D eigenvalue weighted by Crippen LogP contribution is 2.32. The number of para-hydroxylation sites is 1. The number of carbonyl (C=O) groups is 1. The van der Waals surface area contributed by atoms with Gasteiger partial charge >= 0.3 is 5.97 Å². The van der Waals surface area contributed by atoms with Crippen LogP contribution in [0, 0.1) is 0 Å². The highest BCUT2D eigenvalue weighted by molar-refractivity contribution is 7.98. The van der Waals surface area contributed by atoms with Crippen molar-refractivity contribution in [3.05, 3.63) is 54.0 Å². The molecule has 1 aromatic carbocycles. The molecule has 0 bridgehead atoms. The summed E-state index contributed by atoms with van der Waals surface area (Å²) in [4.78, 5) is 12.3. The standard InChI is InChI=1S/C19H17N3O4S/c1-3-24-18(23)16-13(12-7-4-5-8-14(12)26-16)11-27-19-21-20-17(22(19)2)15-9-6-10-25-15/h4-10H,3,11H2,1-2H3. The molecule has 0 aliphatic rings. The van der Waals surface area contributed by atoms with Crippen LogP contribution < -0.4 is 0 Å². The molecule has 0 N–H and O–H groups in total. The topological polar surface area (TPSA) is 83.3 Å². The van der Waals surface area contributed by atoms with E-state index < -0.39 is 5.97 Å². The van der Waals surface area contributed by atoms with Crippen LogP contribution in [-0.2, 0) is 17.5 Å². The molecule has 4 aromatic rings. The lowest BCUT2D eigenvalue weighted by Crippen LogP contribution is -2.05. The predicted octanol–water partition coefficient (Wildman–Crippen LogP) is 4.29. The van der Waals surface area contributed by atoms with Crippen LogP contribution in [0.25, 0.3) is 22.6 Å². The molecule has 0 saturated heterocycles. The van der Waals surface area contributed by atoms with Crippen molar-refractivity contribution in [2.45, 2.75) is 17.8 Å². The molecule has 0 atom stereocenters. The van der Waals surface area contributed by atoms with Crippen LogP contribution in [0.5, 0.6) is 0 Å². The molecule has 0 unspecified atom stereocenters. The number of hydrogen-bond donors (Lipinski definition) is 0. The minimum absolute atomic E-state index is 0.235. The van der Waals surface area contributed by atoms with Gasteiger partial charge in [-0.2, -0.15) is 0 Å². The molecule has 0 radical (unpaired) electrons. The van der Waals surface area contributed by atoms with Gasteiger partial charge in [0.2, 0.25) is 5.76 Å². The Morgan fingerprint density at radius 1 is 1.22 bits per heavy atom. The first-order valence-electron chi connectivity index (χ1n) is 8.42. The zero-order valence-electron chi connectivity index (χ0n) is 14.8. The Labute approximate surface area is 159 Å². The van der Waals surface area contributed by atoms with Gasteiger partial charge in [0.15, 0.2) is 16.7 Å². The summed E-state index contributed by atoms with van der Waals surface area (Å²) in [5, 5.41) is 10.0. The number of hydrogen-bond acceptors (Lipinski definition) is 7. The number of furan rings is 2. The first-order valence-corrected chi connectivity index (χ1v) is 9.41. The van der Waals surface area contributed by atoms with E-state index in [-0.39, 0.29) is 12.4 Å². The average Bonchev–Trinajstić information content (AvgIpc) is 3.39. The third-order valence-corrected chi connectivity index (χ3v) is 5.13. The third-order valence-electron chi connectivity index (χ3n) is 4.08. The lowest BCUT2D eigenvalue weighted by Gasteiger charge is -2.04. The van der Waals surface area contributed by atoms with Gasteiger partial charge in [0.1, 0.15) is 5.58 Å². The molecule has 0 aliphatic carbocycles. The maximum absolute atomic E-state index is 12.3. The Bertz CT molecular complexity index is 1080. The Balaban J connectivity index is 1.64.